The minimum Gasteiger partial charge on any atom is -0.344 e. The Morgan fingerprint density at radius 3 is 2.69 bits per heavy atom. The van der Waals surface area contributed by atoms with Crippen molar-refractivity contribution in [3.8, 4) is 11.3 Å². The van der Waals surface area contributed by atoms with E-state index in [0.29, 0.717) is 0 Å². The van der Waals surface area contributed by atoms with Crippen LogP contribution in [-0.2, 0) is 7.05 Å². The first-order valence-corrected chi connectivity index (χ1v) is 5.18. The Morgan fingerprint density at radius 2 is 1.94 bits per heavy atom. The largest absolute Gasteiger partial charge is 0.344 e. The highest BCUT2D eigenvalue weighted by atomic mass is 15.1. The highest BCUT2D eigenvalue weighted by molar-refractivity contribution is 5.86. The molecule has 2 heterocycles. The number of aromatic nitrogens is 3. The van der Waals surface area contributed by atoms with Gasteiger partial charge >= 0.3 is 0 Å². The van der Waals surface area contributed by atoms with Gasteiger partial charge in [0.1, 0.15) is 0 Å². The number of para-hydroxylation sites is 1. The lowest BCUT2D eigenvalue weighted by Crippen LogP contribution is -1.91. The topological polar surface area (TPSA) is 30.7 Å². The van der Waals surface area contributed by atoms with Crippen molar-refractivity contribution in [3.05, 3.63) is 48.8 Å². The molecule has 78 valence electrons. The Labute approximate surface area is 93.4 Å². The van der Waals surface area contributed by atoms with Gasteiger partial charge in [-0.1, -0.05) is 18.2 Å². The number of hydrogen-bond donors (Lipinski definition) is 0. The molecule has 0 spiro atoms. The number of benzene rings is 1. The van der Waals surface area contributed by atoms with E-state index in [1.54, 1.807) is 12.4 Å². The van der Waals surface area contributed by atoms with Crippen LogP contribution in [0, 0.1) is 0 Å². The molecule has 16 heavy (non-hydrogen) atoms. The molecule has 0 amide bonds. The van der Waals surface area contributed by atoms with Gasteiger partial charge in [-0.2, -0.15) is 10.2 Å². The van der Waals surface area contributed by atoms with E-state index in [1.807, 2.05) is 6.07 Å². The van der Waals surface area contributed by atoms with Crippen LogP contribution in [0.5, 0.6) is 0 Å². The fraction of sp³-hybridized carbons (Fsp3) is 0.0769. The van der Waals surface area contributed by atoms with Crippen molar-refractivity contribution in [2.45, 2.75) is 0 Å². The standard InChI is InChI=1S/C13H11N3/c1-16-12-5-3-2-4-10(12)8-13(16)11-6-7-14-15-9-11/h2-9H,1H3. The molecule has 1 aromatic carbocycles. The van der Waals surface area contributed by atoms with Gasteiger partial charge in [-0.25, -0.2) is 0 Å². The third kappa shape index (κ3) is 1.29. The van der Waals surface area contributed by atoms with Crippen molar-refractivity contribution in [2.75, 3.05) is 0 Å². The Hall–Kier alpha value is -2.16. The number of rotatable bonds is 1. The fourth-order valence-electron chi connectivity index (χ4n) is 2.01. The zero-order valence-corrected chi connectivity index (χ0v) is 8.96. The highest BCUT2D eigenvalue weighted by Gasteiger charge is 2.06. The molecule has 0 atom stereocenters. The van der Waals surface area contributed by atoms with E-state index in [4.69, 9.17) is 0 Å². The van der Waals surface area contributed by atoms with Gasteiger partial charge in [-0.15, -0.1) is 0 Å². The summed E-state index contributed by atoms with van der Waals surface area (Å²) in [6.07, 6.45) is 3.50. The van der Waals surface area contributed by atoms with Crippen molar-refractivity contribution in [1.29, 1.82) is 0 Å². The number of fused-ring (bicyclic) bond motifs is 1. The van der Waals surface area contributed by atoms with Crippen LogP contribution in [0.25, 0.3) is 22.2 Å². The van der Waals surface area contributed by atoms with Gasteiger partial charge < -0.3 is 4.57 Å². The predicted molar refractivity (Wildman–Crippen MR) is 63.9 cm³/mol. The smallest absolute Gasteiger partial charge is 0.0589 e. The first-order valence-electron chi connectivity index (χ1n) is 5.18. The summed E-state index contributed by atoms with van der Waals surface area (Å²) in [5.41, 5.74) is 3.49. The van der Waals surface area contributed by atoms with Crippen molar-refractivity contribution in [3.63, 3.8) is 0 Å². The lowest BCUT2D eigenvalue weighted by Gasteiger charge is -2.02. The number of aryl methyl sites for hydroxylation is 1. The Morgan fingerprint density at radius 1 is 1.06 bits per heavy atom. The molecule has 0 saturated carbocycles. The predicted octanol–water partition coefficient (Wildman–Crippen LogP) is 2.64. The first kappa shape index (κ1) is 9.09. The molecular weight excluding hydrogens is 198 g/mol. The molecule has 0 aliphatic rings. The maximum Gasteiger partial charge on any atom is 0.0589 e. The molecular formula is C13H11N3. The molecule has 0 bridgehead atoms. The molecule has 0 N–H and O–H groups in total. The minimum absolute atomic E-state index is 1.09. The molecule has 3 heteroatoms. The van der Waals surface area contributed by atoms with E-state index >= 15 is 0 Å². The van der Waals surface area contributed by atoms with E-state index in [1.165, 1.54) is 10.9 Å². The zero-order chi connectivity index (χ0) is 11.0. The van der Waals surface area contributed by atoms with E-state index in [9.17, 15) is 0 Å². The van der Waals surface area contributed by atoms with Gasteiger partial charge in [-0.05, 0) is 18.2 Å². The summed E-state index contributed by atoms with van der Waals surface area (Å²) in [5, 5.41) is 8.95. The van der Waals surface area contributed by atoms with Crippen LogP contribution in [0.4, 0.5) is 0 Å². The lowest BCUT2D eigenvalue weighted by atomic mass is 10.2. The molecule has 0 unspecified atom stereocenters. The van der Waals surface area contributed by atoms with Crippen molar-refractivity contribution in [1.82, 2.24) is 14.8 Å². The normalized spacial score (nSPS) is 10.8. The second kappa shape index (κ2) is 3.45. The van der Waals surface area contributed by atoms with E-state index in [2.05, 4.69) is 52.1 Å². The maximum atomic E-state index is 3.91. The molecule has 0 fully saturated rings. The van der Waals surface area contributed by atoms with Gasteiger partial charge in [0, 0.05) is 23.5 Å². The van der Waals surface area contributed by atoms with E-state index < -0.39 is 0 Å². The molecule has 0 aliphatic heterocycles. The summed E-state index contributed by atoms with van der Waals surface area (Å²) in [4.78, 5) is 0. The minimum atomic E-state index is 1.09. The van der Waals surface area contributed by atoms with Crippen molar-refractivity contribution in [2.24, 2.45) is 7.05 Å². The number of hydrogen-bond acceptors (Lipinski definition) is 2. The van der Waals surface area contributed by atoms with Crippen LogP contribution in [0.1, 0.15) is 0 Å². The number of nitrogens with zero attached hydrogens (tertiary/aromatic N) is 3. The molecule has 3 aromatic rings. The summed E-state index contributed by atoms with van der Waals surface area (Å²) in [6, 6.07) is 12.5. The van der Waals surface area contributed by atoms with Gasteiger partial charge in [0.15, 0.2) is 0 Å². The highest BCUT2D eigenvalue weighted by Crippen LogP contribution is 2.25. The molecule has 3 nitrogen and oxygen atoms in total. The van der Waals surface area contributed by atoms with Crippen LogP contribution >= 0.6 is 0 Å². The second-order valence-corrected chi connectivity index (χ2v) is 3.78. The Balaban J connectivity index is 2.29. The van der Waals surface area contributed by atoms with Gasteiger partial charge in [0.2, 0.25) is 0 Å². The van der Waals surface area contributed by atoms with E-state index in [-0.39, 0.29) is 0 Å². The first-order chi connectivity index (χ1) is 7.86. The van der Waals surface area contributed by atoms with Crippen molar-refractivity contribution < 1.29 is 0 Å². The molecule has 0 saturated heterocycles. The van der Waals surface area contributed by atoms with Gasteiger partial charge in [-0.3, -0.25) is 0 Å². The van der Waals surface area contributed by atoms with Crippen LogP contribution in [-0.4, -0.2) is 14.8 Å². The average molecular weight is 209 g/mol. The molecule has 3 rings (SSSR count). The summed E-state index contributed by atoms with van der Waals surface area (Å²) in [6.45, 7) is 0. The fourth-order valence-corrected chi connectivity index (χ4v) is 2.01. The quantitative estimate of drug-likeness (QED) is 0.616. The van der Waals surface area contributed by atoms with Gasteiger partial charge in [0.25, 0.3) is 0 Å². The summed E-state index contributed by atoms with van der Waals surface area (Å²) < 4.78 is 2.17. The van der Waals surface area contributed by atoms with Crippen LogP contribution in [0.3, 0.4) is 0 Å². The molecule has 2 aromatic heterocycles. The maximum absolute atomic E-state index is 3.91. The molecule has 0 radical (unpaired) electrons. The second-order valence-electron chi connectivity index (χ2n) is 3.78. The van der Waals surface area contributed by atoms with Crippen LogP contribution in [0.2, 0.25) is 0 Å². The Kier molecular flexibility index (Phi) is 1.96. The monoisotopic (exact) mass is 209 g/mol. The third-order valence-corrected chi connectivity index (χ3v) is 2.83. The van der Waals surface area contributed by atoms with Crippen LogP contribution in [0.15, 0.2) is 48.8 Å². The molecule has 0 aliphatic carbocycles. The lowest BCUT2D eigenvalue weighted by molar-refractivity contribution is 0.967. The average Bonchev–Trinajstić information content (AvgIpc) is 2.69. The summed E-state index contributed by atoms with van der Waals surface area (Å²) in [5.74, 6) is 0. The SMILES string of the molecule is Cn1c(-c2ccnnc2)cc2ccccc21. The van der Waals surface area contributed by atoms with Crippen LogP contribution < -0.4 is 0 Å². The van der Waals surface area contributed by atoms with Crippen molar-refractivity contribution >= 4 is 10.9 Å². The third-order valence-electron chi connectivity index (χ3n) is 2.83. The summed E-state index contributed by atoms with van der Waals surface area (Å²) in [7, 11) is 2.07. The van der Waals surface area contributed by atoms with E-state index in [0.717, 1.165) is 11.3 Å². The van der Waals surface area contributed by atoms with Gasteiger partial charge in [0.05, 0.1) is 18.1 Å². The summed E-state index contributed by atoms with van der Waals surface area (Å²) >= 11 is 0. The zero-order valence-electron chi connectivity index (χ0n) is 8.96. The Bertz CT molecular complexity index is 626.